The van der Waals surface area contributed by atoms with Gasteiger partial charge in [-0.25, -0.2) is 0 Å². The first kappa shape index (κ1) is 20.1. The van der Waals surface area contributed by atoms with E-state index in [2.05, 4.69) is 27.6 Å². The molecule has 28 heavy (non-hydrogen) atoms. The van der Waals surface area contributed by atoms with Crippen molar-refractivity contribution < 1.29 is 4.79 Å². The predicted molar refractivity (Wildman–Crippen MR) is 114 cm³/mol. The lowest BCUT2D eigenvalue weighted by Gasteiger charge is -2.17. The molecular formula is C22H26N4OS. The van der Waals surface area contributed by atoms with Crippen LogP contribution < -0.4 is 5.32 Å². The molecule has 0 unspecified atom stereocenters. The highest BCUT2D eigenvalue weighted by molar-refractivity contribution is 8.00. The number of para-hydroxylation sites is 1. The average molecular weight is 395 g/mol. The standard InChI is InChI=1S/C22H26N4OS/c1-16-9-7-8-12-20(16)26-15-23-25-22(26)28-18(3)21(27)24-17(2)13-14-19-10-5-4-6-11-19/h4-12,15,17-18H,13-14H2,1-3H3,(H,24,27)/t17-,18-/m1/s1. The number of thioether (sulfide) groups is 1. The maximum atomic E-state index is 12.6. The molecule has 2 aromatic carbocycles. The zero-order valence-corrected chi connectivity index (χ0v) is 17.3. The third kappa shape index (κ3) is 5.23. The van der Waals surface area contributed by atoms with E-state index in [9.17, 15) is 4.79 Å². The number of nitrogens with one attached hydrogen (secondary N) is 1. The Bertz CT molecular complexity index is 910. The molecule has 0 aliphatic heterocycles. The number of benzene rings is 2. The molecular weight excluding hydrogens is 368 g/mol. The van der Waals surface area contributed by atoms with Crippen LogP contribution in [0.15, 0.2) is 66.1 Å². The summed E-state index contributed by atoms with van der Waals surface area (Å²) in [4.78, 5) is 12.6. The summed E-state index contributed by atoms with van der Waals surface area (Å²) in [7, 11) is 0. The van der Waals surface area contributed by atoms with Crippen LogP contribution in [0, 0.1) is 6.92 Å². The zero-order valence-electron chi connectivity index (χ0n) is 16.5. The molecule has 6 heteroatoms. The van der Waals surface area contributed by atoms with E-state index in [1.165, 1.54) is 17.3 Å². The van der Waals surface area contributed by atoms with Crippen molar-refractivity contribution in [2.75, 3.05) is 0 Å². The van der Waals surface area contributed by atoms with Crippen molar-refractivity contribution in [1.82, 2.24) is 20.1 Å². The minimum atomic E-state index is -0.258. The van der Waals surface area contributed by atoms with Crippen LogP contribution in [0.25, 0.3) is 5.69 Å². The van der Waals surface area contributed by atoms with E-state index in [4.69, 9.17) is 0 Å². The van der Waals surface area contributed by atoms with Gasteiger partial charge in [0.25, 0.3) is 0 Å². The molecule has 1 amide bonds. The number of rotatable bonds is 8. The third-order valence-electron chi connectivity index (χ3n) is 4.64. The summed E-state index contributed by atoms with van der Waals surface area (Å²) >= 11 is 1.42. The van der Waals surface area contributed by atoms with Crippen LogP contribution in [0.4, 0.5) is 0 Å². The molecule has 0 saturated carbocycles. The summed E-state index contributed by atoms with van der Waals surface area (Å²) in [6.45, 7) is 6.00. The second-order valence-electron chi connectivity index (χ2n) is 6.96. The van der Waals surface area contributed by atoms with Crippen LogP contribution in [0.3, 0.4) is 0 Å². The summed E-state index contributed by atoms with van der Waals surface area (Å²) in [5.74, 6) is 0.0184. The molecule has 0 fully saturated rings. The number of carbonyl (C=O) groups is 1. The molecule has 5 nitrogen and oxygen atoms in total. The van der Waals surface area contributed by atoms with Gasteiger partial charge in [0.15, 0.2) is 5.16 Å². The maximum Gasteiger partial charge on any atom is 0.233 e. The fourth-order valence-electron chi connectivity index (χ4n) is 2.98. The van der Waals surface area contributed by atoms with Crippen LogP contribution in [0.2, 0.25) is 0 Å². The average Bonchev–Trinajstić information content (AvgIpc) is 3.15. The number of hydrogen-bond acceptors (Lipinski definition) is 4. The number of carbonyl (C=O) groups excluding carboxylic acids is 1. The first-order valence-corrected chi connectivity index (χ1v) is 10.4. The van der Waals surface area contributed by atoms with E-state index in [-0.39, 0.29) is 17.2 Å². The molecule has 2 atom stereocenters. The molecule has 1 heterocycles. The Morgan fingerprint density at radius 1 is 1.11 bits per heavy atom. The van der Waals surface area contributed by atoms with Gasteiger partial charge < -0.3 is 5.32 Å². The molecule has 0 aliphatic rings. The number of aryl methyl sites for hydroxylation is 2. The van der Waals surface area contributed by atoms with Crippen molar-refractivity contribution in [1.29, 1.82) is 0 Å². The van der Waals surface area contributed by atoms with Crippen LogP contribution >= 0.6 is 11.8 Å². The zero-order chi connectivity index (χ0) is 19.9. The van der Waals surface area contributed by atoms with Crippen molar-refractivity contribution >= 4 is 17.7 Å². The minimum Gasteiger partial charge on any atom is -0.353 e. The predicted octanol–water partition coefficient (Wildman–Crippen LogP) is 4.19. The van der Waals surface area contributed by atoms with Gasteiger partial charge in [0, 0.05) is 6.04 Å². The second-order valence-corrected chi connectivity index (χ2v) is 8.27. The van der Waals surface area contributed by atoms with Crippen molar-refractivity contribution in [3.05, 3.63) is 72.1 Å². The largest absolute Gasteiger partial charge is 0.353 e. The fraction of sp³-hybridized carbons (Fsp3) is 0.318. The molecule has 0 spiro atoms. The van der Waals surface area contributed by atoms with Crippen molar-refractivity contribution in [2.24, 2.45) is 0 Å². The Morgan fingerprint density at radius 3 is 2.57 bits per heavy atom. The van der Waals surface area contributed by atoms with Gasteiger partial charge in [-0.3, -0.25) is 9.36 Å². The summed E-state index contributed by atoms with van der Waals surface area (Å²) in [5.41, 5.74) is 3.45. The van der Waals surface area contributed by atoms with Crippen molar-refractivity contribution in [3.63, 3.8) is 0 Å². The number of nitrogens with zero attached hydrogens (tertiary/aromatic N) is 3. The van der Waals surface area contributed by atoms with Gasteiger partial charge in [0.2, 0.25) is 5.91 Å². The second kappa shape index (κ2) is 9.55. The van der Waals surface area contributed by atoms with Crippen molar-refractivity contribution in [2.45, 2.75) is 50.1 Å². The molecule has 3 aromatic rings. The van der Waals surface area contributed by atoms with Gasteiger partial charge in [-0.2, -0.15) is 0 Å². The van der Waals surface area contributed by atoms with E-state index >= 15 is 0 Å². The minimum absolute atomic E-state index is 0.0184. The van der Waals surface area contributed by atoms with E-state index in [1.54, 1.807) is 6.33 Å². The highest BCUT2D eigenvalue weighted by Gasteiger charge is 2.20. The Balaban J connectivity index is 1.56. The van der Waals surface area contributed by atoms with Gasteiger partial charge in [0.1, 0.15) is 6.33 Å². The molecule has 0 saturated heterocycles. The lowest BCUT2D eigenvalue weighted by atomic mass is 10.1. The van der Waals surface area contributed by atoms with Gasteiger partial charge in [-0.15, -0.1) is 10.2 Å². The molecule has 0 aliphatic carbocycles. The lowest BCUT2D eigenvalue weighted by Crippen LogP contribution is -2.38. The van der Waals surface area contributed by atoms with Crippen LogP contribution in [-0.2, 0) is 11.2 Å². The lowest BCUT2D eigenvalue weighted by molar-refractivity contribution is -0.120. The van der Waals surface area contributed by atoms with Gasteiger partial charge in [0.05, 0.1) is 10.9 Å². The highest BCUT2D eigenvalue weighted by Crippen LogP contribution is 2.25. The Kier molecular flexibility index (Phi) is 6.87. The number of hydrogen-bond donors (Lipinski definition) is 1. The topological polar surface area (TPSA) is 59.8 Å². The SMILES string of the molecule is Cc1ccccc1-n1cnnc1S[C@H](C)C(=O)N[C@H](C)CCc1ccccc1. The summed E-state index contributed by atoms with van der Waals surface area (Å²) in [6, 6.07) is 18.5. The number of amides is 1. The molecule has 1 aromatic heterocycles. The smallest absolute Gasteiger partial charge is 0.233 e. The Hall–Kier alpha value is -2.60. The van der Waals surface area contributed by atoms with Gasteiger partial charge in [-0.1, -0.05) is 60.3 Å². The first-order valence-electron chi connectivity index (χ1n) is 9.51. The molecule has 0 radical (unpaired) electrons. The summed E-state index contributed by atoms with van der Waals surface area (Å²) in [6.07, 6.45) is 3.55. The van der Waals surface area contributed by atoms with Gasteiger partial charge >= 0.3 is 0 Å². The summed E-state index contributed by atoms with van der Waals surface area (Å²) in [5, 5.41) is 11.8. The van der Waals surface area contributed by atoms with Gasteiger partial charge in [-0.05, 0) is 50.8 Å². The van der Waals surface area contributed by atoms with Crippen LogP contribution in [0.1, 0.15) is 31.4 Å². The third-order valence-corrected chi connectivity index (χ3v) is 5.70. The van der Waals surface area contributed by atoms with Crippen LogP contribution in [0.5, 0.6) is 0 Å². The summed E-state index contributed by atoms with van der Waals surface area (Å²) < 4.78 is 1.93. The van der Waals surface area contributed by atoms with E-state index in [0.717, 1.165) is 24.1 Å². The van der Waals surface area contributed by atoms with E-state index < -0.39 is 0 Å². The monoisotopic (exact) mass is 394 g/mol. The molecule has 0 bridgehead atoms. The Morgan fingerprint density at radius 2 is 1.82 bits per heavy atom. The fourth-order valence-corrected chi connectivity index (χ4v) is 3.82. The molecule has 3 rings (SSSR count). The first-order chi connectivity index (χ1) is 13.5. The normalized spacial score (nSPS) is 13.1. The van der Waals surface area contributed by atoms with E-state index in [0.29, 0.717) is 5.16 Å². The quantitative estimate of drug-likeness (QED) is 0.582. The molecule has 1 N–H and O–H groups in total. The number of aromatic nitrogens is 3. The highest BCUT2D eigenvalue weighted by atomic mass is 32.2. The maximum absolute atomic E-state index is 12.6. The van der Waals surface area contributed by atoms with Crippen LogP contribution in [-0.4, -0.2) is 32.0 Å². The van der Waals surface area contributed by atoms with E-state index in [1.807, 2.05) is 67.8 Å². The Labute approximate surface area is 170 Å². The van der Waals surface area contributed by atoms with Crippen molar-refractivity contribution in [3.8, 4) is 5.69 Å². The molecule has 146 valence electrons.